The number of hydrogen-bond donors (Lipinski definition) is 3. The molecule has 1 amide bonds. The van der Waals surface area contributed by atoms with Crippen LogP contribution in [0.5, 0.6) is 0 Å². The first-order valence-corrected chi connectivity index (χ1v) is 14.5. The second kappa shape index (κ2) is 15.1. The van der Waals surface area contributed by atoms with Crippen LogP contribution in [-0.4, -0.2) is 32.1 Å². The third-order valence-electron chi connectivity index (χ3n) is 7.48. The highest BCUT2D eigenvalue weighted by atomic mass is 16.4. The Balaban J connectivity index is 2.07. The van der Waals surface area contributed by atoms with Crippen molar-refractivity contribution in [1.29, 1.82) is 0 Å². The summed E-state index contributed by atoms with van der Waals surface area (Å²) in [4.78, 5) is 30.0. The van der Waals surface area contributed by atoms with Crippen LogP contribution >= 0.6 is 0 Å². The number of oxime groups is 1. The van der Waals surface area contributed by atoms with E-state index in [1.807, 2.05) is 69.3 Å². The highest BCUT2D eigenvalue weighted by molar-refractivity contribution is 6.14. The maximum absolute atomic E-state index is 14.1. The van der Waals surface area contributed by atoms with Gasteiger partial charge in [-0.3, -0.25) is 14.2 Å². The maximum atomic E-state index is 14.1. The molecule has 1 aromatic heterocycles. The Morgan fingerprint density at radius 2 is 1.83 bits per heavy atom. The minimum absolute atomic E-state index is 0.0576. The molecule has 1 heterocycles. The van der Waals surface area contributed by atoms with E-state index in [-0.39, 0.29) is 11.4 Å². The average molecular weight is 571 g/mol. The van der Waals surface area contributed by atoms with E-state index in [4.69, 9.17) is 4.98 Å². The number of nitrogens with zero attached hydrogens (tertiary/aromatic N) is 3. The summed E-state index contributed by atoms with van der Waals surface area (Å²) in [5.74, 6) is 0.676. The summed E-state index contributed by atoms with van der Waals surface area (Å²) in [6.07, 6.45) is 7.32. The highest BCUT2D eigenvalue weighted by Gasteiger charge is 2.19. The summed E-state index contributed by atoms with van der Waals surface area (Å²) >= 11 is 0. The smallest absolute Gasteiger partial charge is 0.261 e. The molecule has 2 aromatic carbocycles. The van der Waals surface area contributed by atoms with Crippen LogP contribution < -0.4 is 10.9 Å². The van der Waals surface area contributed by atoms with Crippen molar-refractivity contribution in [3.63, 3.8) is 0 Å². The molecule has 0 bridgehead atoms. The molecule has 3 aromatic rings. The predicted molar refractivity (Wildman–Crippen MR) is 168 cm³/mol. The average Bonchev–Trinajstić information content (AvgIpc) is 2.99. The molecule has 0 saturated heterocycles. The lowest BCUT2D eigenvalue weighted by atomic mass is 9.94. The quantitative estimate of drug-likeness (QED) is 0.0619. The Morgan fingerprint density at radius 1 is 1.12 bits per heavy atom. The van der Waals surface area contributed by atoms with Crippen LogP contribution in [0.1, 0.15) is 92.9 Å². The number of carbonyl (C=O) groups excluding carboxylic acids is 1. The SMILES string of the molecule is C\C=C(C(=C\C)/C(=N/O)NC=O)\c1ccc(Cc2c(CCCC)nc(C)n(-c3ccc(CC)c(C(C)O)c3)c2=O)cc1. The van der Waals surface area contributed by atoms with Gasteiger partial charge in [-0.2, -0.15) is 0 Å². The van der Waals surface area contributed by atoms with E-state index in [0.717, 1.165) is 59.2 Å². The molecular formula is C34H42N4O4. The fourth-order valence-corrected chi connectivity index (χ4v) is 5.30. The van der Waals surface area contributed by atoms with Crippen LogP contribution in [0.2, 0.25) is 0 Å². The van der Waals surface area contributed by atoms with Gasteiger partial charge in [-0.05, 0) is 86.9 Å². The molecule has 3 N–H and O–H groups in total. The number of carbonyl (C=O) groups is 1. The normalized spacial score (nSPS) is 13.3. The lowest BCUT2D eigenvalue weighted by Gasteiger charge is -2.18. The molecule has 8 heteroatoms. The summed E-state index contributed by atoms with van der Waals surface area (Å²) in [6, 6.07) is 13.6. The number of amidine groups is 1. The minimum Gasteiger partial charge on any atom is -0.409 e. The summed E-state index contributed by atoms with van der Waals surface area (Å²) in [5.41, 5.74) is 7.12. The number of aromatic nitrogens is 2. The second-order valence-electron chi connectivity index (χ2n) is 10.2. The van der Waals surface area contributed by atoms with Crippen LogP contribution in [0.25, 0.3) is 11.3 Å². The van der Waals surface area contributed by atoms with Gasteiger partial charge in [-0.25, -0.2) is 4.98 Å². The third-order valence-corrected chi connectivity index (χ3v) is 7.48. The zero-order chi connectivity index (χ0) is 30.8. The first-order chi connectivity index (χ1) is 20.2. The van der Waals surface area contributed by atoms with Gasteiger partial charge < -0.3 is 15.6 Å². The number of rotatable bonds is 12. The van der Waals surface area contributed by atoms with Gasteiger partial charge in [0.05, 0.1) is 17.5 Å². The van der Waals surface area contributed by atoms with Crippen molar-refractivity contribution in [1.82, 2.24) is 14.9 Å². The zero-order valence-corrected chi connectivity index (χ0v) is 25.4. The van der Waals surface area contributed by atoms with Crippen LogP contribution in [-0.2, 0) is 24.1 Å². The third kappa shape index (κ3) is 7.12. The molecule has 1 unspecified atom stereocenters. The van der Waals surface area contributed by atoms with Gasteiger partial charge in [0.1, 0.15) is 5.82 Å². The van der Waals surface area contributed by atoms with Crippen molar-refractivity contribution in [3.8, 4) is 5.69 Å². The molecule has 0 radical (unpaired) electrons. The highest BCUT2D eigenvalue weighted by Crippen LogP contribution is 2.26. The van der Waals surface area contributed by atoms with Crippen molar-refractivity contribution in [2.24, 2.45) is 5.16 Å². The molecule has 8 nitrogen and oxygen atoms in total. The van der Waals surface area contributed by atoms with Gasteiger partial charge in [0.15, 0.2) is 5.84 Å². The maximum Gasteiger partial charge on any atom is 0.261 e. The molecule has 0 aliphatic heterocycles. The Labute approximate surface area is 248 Å². The van der Waals surface area contributed by atoms with Crippen LogP contribution in [0.4, 0.5) is 0 Å². The Morgan fingerprint density at radius 3 is 2.38 bits per heavy atom. The van der Waals surface area contributed by atoms with E-state index in [9.17, 15) is 19.9 Å². The predicted octanol–water partition coefficient (Wildman–Crippen LogP) is 5.97. The Bertz CT molecular complexity index is 1550. The first-order valence-electron chi connectivity index (χ1n) is 14.5. The number of aryl methyl sites for hydroxylation is 3. The summed E-state index contributed by atoms with van der Waals surface area (Å²) in [7, 11) is 0. The number of nitrogens with one attached hydrogen (secondary N) is 1. The molecule has 0 saturated carbocycles. The zero-order valence-electron chi connectivity index (χ0n) is 25.4. The van der Waals surface area contributed by atoms with Crippen molar-refractivity contribution in [2.45, 2.75) is 79.8 Å². The van der Waals surface area contributed by atoms with Crippen LogP contribution in [0.15, 0.2) is 70.1 Å². The first kappa shape index (κ1) is 32.2. The number of benzene rings is 2. The van der Waals surface area contributed by atoms with Gasteiger partial charge >= 0.3 is 0 Å². The molecule has 3 rings (SSSR count). The molecule has 0 aliphatic carbocycles. The van der Waals surface area contributed by atoms with Gasteiger partial charge in [-0.1, -0.05) is 67.9 Å². The van der Waals surface area contributed by atoms with E-state index >= 15 is 0 Å². The van der Waals surface area contributed by atoms with Gasteiger partial charge in [0.2, 0.25) is 6.41 Å². The Hall–Kier alpha value is -4.30. The topological polar surface area (TPSA) is 117 Å². The summed E-state index contributed by atoms with van der Waals surface area (Å²) in [5, 5.41) is 25.5. The van der Waals surface area contributed by atoms with Gasteiger partial charge in [0.25, 0.3) is 5.56 Å². The number of aliphatic hydroxyl groups is 1. The molecule has 0 fully saturated rings. The van der Waals surface area contributed by atoms with Crippen LogP contribution in [0, 0.1) is 6.92 Å². The summed E-state index contributed by atoms with van der Waals surface area (Å²) in [6.45, 7) is 11.4. The second-order valence-corrected chi connectivity index (χ2v) is 10.2. The monoisotopic (exact) mass is 570 g/mol. The Kier molecular flexibility index (Phi) is 11.6. The van der Waals surface area contributed by atoms with E-state index in [0.29, 0.717) is 35.5 Å². The molecule has 1 atom stereocenters. The largest absolute Gasteiger partial charge is 0.409 e. The molecular weight excluding hydrogens is 528 g/mol. The van der Waals surface area contributed by atoms with E-state index < -0.39 is 6.10 Å². The van der Waals surface area contributed by atoms with Crippen LogP contribution in [0.3, 0.4) is 0 Å². The van der Waals surface area contributed by atoms with Gasteiger partial charge in [0, 0.05) is 17.6 Å². The fraction of sp³-hybridized carbons (Fsp3) is 0.353. The molecule has 0 spiro atoms. The van der Waals surface area contributed by atoms with Crippen molar-refractivity contribution in [2.75, 3.05) is 0 Å². The lowest BCUT2D eigenvalue weighted by molar-refractivity contribution is -0.108. The van der Waals surface area contributed by atoms with Crippen molar-refractivity contribution < 1.29 is 15.1 Å². The van der Waals surface area contributed by atoms with E-state index in [1.54, 1.807) is 24.5 Å². The number of unbranched alkanes of at least 4 members (excludes halogenated alkanes) is 1. The lowest BCUT2D eigenvalue weighted by Crippen LogP contribution is -2.28. The van der Waals surface area contributed by atoms with E-state index in [1.165, 1.54) is 0 Å². The molecule has 222 valence electrons. The fourth-order valence-electron chi connectivity index (χ4n) is 5.30. The van der Waals surface area contributed by atoms with Crippen molar-refractivity contribution in [3.05, 3.63) is 110 Å². The molecule has 42 heavy (non-hydrogen) atoms. The van der Waals surface area contributed by atoms with Crippen molar-refractivity contribution >= 4 is 17.8 Å². The number of aliphatic hydroxyl groups excluding tert-OH is 1. The number of hydrogen-bond acceptors (Lipinski definition) is 6. The molecule has 0 aliphatic rings. The minimum atomic E-state index is -0.648. The van der Waals surface area contributed by atoms with E-state index in [2.05, 4.69) is 17.4 Å². The summed E-state index contributed by atoms with van der Waals surface area (Å²) < 4.78 is 1.65. The number of allylic oxidation sites excluding steroid dienone is 2. The number of amides is 1. The standard InChI is InChI=1S/C34H42N4O4/c1-7-11-12-32-31(34(41)38(23(6)36-32)27-18-17-25(8-2)30(20-27)22(5)40)19-24-13-15-26(16-14-24)28(9-3)29(10-4)33(37-42)35-21-39/h9-10,13-18,20-22,40,42H,7-8,11-12,19H2,1-6H3,(H,35,37,39)/b28-9-,29-10+. The van der Waals surface area contributed by atoms with Gasteiger partial charge in [-0.15, -0.1) is 0 Å².